The van der Waals surface area contributed by atoms with E-state index in [9.17, 15) is 19.8 Å². The Kier molecular flexibility index (Phi) is 8.96. The molecule has 3 atom stereocenters. The molecule has 2 N–H and O–H groups in total. The van der Waals surface area contributed by atoms with Gasteiger partial charge in [0.05, 0.1) is 0 Å². The molecule has 1 unspecified atom stereocenters. The molecule has 0 amide bonds. The van der Waals surface area contributed by atoms with Crippen LogP contribution >= 0.6 is 12.6 Å². The van der Waals surface area contributed by atoms with Gasteiger partial charge in [-0.25, -0.2) is 0 Å². The van der Waals surface area contributed by atoms with Crippen molar-refractivity contribution in [3.63, 3.8) is 0 Å². The van der Waals surface area contributed by atoms with Crippen LogP contribution in [0.2, 0.25) is 0 Å². The molecule has 8 bridgehead atoms. The van der Waals surface area contributed by atoms with Crippen molar-refractivity contribution in [1.82, 2.24) is 15.0 Å². The van der Waals surface area contributed by atoms with Gasteiger partial charge in [-0.1, -0.05) is 58.8 Å². The first-order valence-electron chi connectivity index (χ1n) is 14.7. The van der Waals surface area contributed by atoms with Crippen molar-refractivity contribution in [2.75, 3.05) is 0 Å². The van der Waals surface area contributed by atoms with Crippen molar-refractivity contribution in [2.24, 2.45) is 0 Å². The van der Waals surface area contributed by atoms with Crippen molar-refractivity contribution < 1.29 is 36.9 Å². The van der Waals surface area contributed by atoms with Crippen LogP contribution in [0.1, 0.15) is 83.8 Å². The summed E-state index contributed by atoms with van der Waals surface area (Å²) in [6.07, 6.45) is 8.30. The van der Waals surface area contributed by atoms with Crippen LogP contribution in [-0.2, 0) is 51.3 Å². The summed E-state index contributed by atoms with van der Waals surface area (Å²) in [6, 6.07) is 0. The van der Waals surface area contributed by atoms with Gasteiger partial charge in [-0.15, -0.1) is 38.8 Å². The van der Waals surface area contributed by atoms with E-state index >= 15 is 0 Å². The monoisotopic (exact) mass is 683 g/mol. The Labute approximate surface area is 281 Å². The van der Waals surface area contributed by atoms with Gasteiger partial charge in [0.2, 0.25) is 0 Å². The summed E-state index contributed by atoms with van der Waals surface area (Å²) in [5, 5.41) is 27.1. The van der Waals surface area contributed by atoms with Gasteiger partial charge in [0, 0.05) is 18.1 Å². The Morgan fingerprint density at radius 3 is 2.13 bits per heavy atom. The minimum absolute atomic E-state index is 0. The third-order valence-corrected chi connectivity index (χ3v) is 11.2. The fourth-order valence-electron chi connectivity index (χ4n) is 6.59. The van der Waals surface area contributed by atoms with Crippen molar-refractivity contribution in [3.8, 4) is 0 Å². The third-order valence-electron chi connectivity index (χ3n) is 9.13. The molecular formula is C34H35FeN4O4S2+. The number of carboxylic acids is 2. The summed E-state index contributed by atoms with van der Waals surface area (Å²) in [5.74, 6) is -1.80. The summed E-state index contributed by atoms with van der Waals surface area (Å²) < 4.78 is -0.172. The number of aromatic nitrogens is 3. The molecule has 0 aromatic carbocycles. The summed E-state index contributed by atoms with van der Waals surface area (Å²) in [5.41, 5.74) is 9.70. The number of hydrogen-bond donors (Lipinski definition) is 3. The number of aliphatic carboxylic acids is 2. The summed E-state index contributed by atoms with van der Waals surface area (Å²) in [4.78, 5) is 38.2. The van der Waals surface area contributed by atoms with Crippen LogP contribution in [0.3, 0.4) is 0 Å². The number of thiol groups is 2. The van der Waals surface area contributed by atoms with Gasteiger partial charge in [-0.05, 0) is 75.6 Å². The quantitative estimate of drug-likeness (QED) is 0.150. The molecule has 0 saturated carbocycles. The van der Waals surface area contributed by atoms with Gasteiger partial charge < -0.3 is 30.5 Å². The molecule has 234 valence electrons. The van der Waals surface area contributed by atoms with Crippen LogP contribution in [0, 0.1) is 13.8 Å². The predicted octanol–water partition coefficient (Wildman–Crippen LogP) is 2.02. The van der Waals surface area contributed by atoms with Crippen LogP contribution in [-0.4, -0.2) is 32.1 Å². The van der Waals surface area contributed by atoms with E-state index in [1.807, 2.05) is 32.1 Å². The number of nitrogens with zero attached hydrogens (tertiary/aromatic N) is 4. The van der Waals surface area contributed by atoms with Crippen molar-refractivity contribution in [3.05, 3.63) is 88.4 Å². The van der Waals surface area contributed by atoms with Crippen molar-refractivity contribution in [2.45, 2.75) is 75.5 Å². The zero-order valence-corrected chi connectivity index (χ0v) is 28.6. The van der Waals surface area contributed by atoms with E-state index in [-0.39, 0.29) is 46.3 Å². The molecule has 1 spiro atoms. The first-order valence-corrected chi connectivity index (χ1v) is 16.2. The minimum Gasteiger partial charge on any atom is -0.657 e. The zero-order valence-electron chi connectivity index (χ0n) is 25.7. The number of hydrogen-bond acceptors (Lipinski definition) is 3. The predicted molar refractivity (Wildman–Crippen MR) is 179 cm³/mol. The molecule has 0 radical (unpaired) electrons. The minimum atomic E-state index is -0.907. The average Bonchev–Trinajstić information content (AvgIpc) is 3.08. The number of carbonyl (C=O) groups is 2. The molecule has 0 aliphatic carbocycles. The Hall–Kier alpha value is -3.24. The standard InChI is InChI=1S/C34H34N4O4S2.Fe/c1-15-21(7-9-31(39)40)27-13-28-22(8-10-32(41)42)16(2)24(36-28)12-29-33(19(5)43)17(3)25(37-29)14-30-34(20(6)44-34)18(4)26(38-30)11-23(15)35-27;/h11-14,19-20,43H,1,7-10H2,2-6H3,(H,39,40)(H,41,42);/q-4;+4/p+1/b23-11-,24-12-,28-13-,30-14-;/t19-,20?,34+;/m0./s1. The van der Waals surface area contributed by atoms with Gasteiger partial charge in [0.15, 0.2) is 10.00 Å². The topological polar surface area (TPSA) is 131 Å². The van der Waals surface area contributed by atoms with Gasteiger partial charge in [0.25, 0.3) is 0 Å². The molecule has 45 heavy (non-hydrogen) atoms. The van der Waals surface area contributed by atoms with Gasteiger partial charge in [-0.2, -0.15) is 12.6 Å². The molecule has 3 aromatic rings. The van der Waals surface area contributed by atoms with Gasteiger partial charge >= 0.3 is 29.0 Å². The fraction of sp³-hybridized carbons (Fsp3) is 0.353. The van der Waals surface area contributed by atoms with Gasteiger partial charge in [0.1, 0.15) is 0 Å². The number of allylic oxidation sites excluding steroid dienone is 1. The van der Waals surface area contributed by atoms with Crippen LogP contribution < -0.4 is 36.2 Å². The van der Waals surface area contributed by atoms with E-state index in [0.717, 1.165) is 50.6 Å². The summed E-state index contributed by atoms with van der Waals surface area (Å²) in [6.45, 7) is 14.7. The third kappa shape index (κ3) is 5.69. The molecule has 3 aliphatic heterocycles. The Morgan fingerprint density at radius 1 is 0.911 bits per heavy atom. The molecule has 8 nitrogen and oxygen atoms in total. The maximum Gasteiger partial charge on any atom is 4.00 e. The molecule has 1 saturated heterocycles. The van der Waals surface area contributed by atoms with E-state index < -0.39 is 11.9 Å². The second kappa shape index (κ2) is 12.2. The molecular weight excluding hydrogens is 648 g/mol. The smallest absolute Gasteiger partial charge is 0.657 e. The number of rotatable bonds is 7. The second-order valence-corrected chi connectivity index (χ2v) is 14.4. The Balaban J connectivity index is 0.00000400. The SMILES string of the molecule is C=c1c(CCC(=O)O)c2[n-]/c1=C\C1=C(C)[C@]3([SH+]C3C)/C(=C/c3[n-]c(c([C@H](C)S)c3C)/C=c3\[n-]/c(c(CCC(=O)O)c3C)=C\2)[N-]1.[Fe+4]. The van der Waals surface area contributed by atoms with Crippen molar-refractivity contribution in [1.29, 1.82) is 0 Å². The Bertz CT molecular complexity index is 2050. The van der Waals surface area contributed by atoms with Crippen LogP contribution in [0.25, 0.3) is 36.2 Å². The van der Waals surface area contributed by atoms with E-state index in [1.165, 1.54) is 17.3 Å². The molecule has 11 heteroatoms. The normalized spacial score (nSPS) is 23.8. The first kappa shape index (κ1) is 33.1. The molecule has 6 rings (SSSR count). The fourth-order valence-corrected chi connectivity index (χ4v) is 8.33. The molecule has 3 aliphatic rings. The summed E-state index contributed by atoms with van der Waals surface area (Å²) >= 11 is 6.10. The summed E-state index contributed by atoms with van der Waals surface area (Å²) in [7, 11) is 0. The zero-order chi connectivity index (χ0) is 31.7. The van der Waals surface area contributed by atoms with E-state index in [1.54, 1.807) is 0 Å². The molecule has 6 heterocycles. The molecule has 3 aromatic heterocycles. The van der Waals surface area contributed by atoms with E-state index in [4.69, 9.17) is 32.9 Å². The van der Waals surface area contributed by atoms with Crippen LogP contribution in [0.5, 0.6) is 0 Å². The maximum atomic E-state index is 11.6. The second-order valence-electron chi connectivity index (χ2n) is 11.9. The van der Waals surface area contributed by atoms with Gasteiger partial charge in [-0.3, -0.25) is 9.59 Å². The van der Waals surface area contributed by atoms with E-state index in [0.29, 0.717) is 38.6 Å². The van der Waals surface area contributed by atoms with Crippen molar-refractivity contribution >= 4 is 67.2 Å². The average molecular weight is 684 g/mol. The number of fused-ring (bicyclic) bond motifs is 9. The Morgan fingerprint density at radius 2 is 1.53 bits per heavy atom. The van der Waals surface area contributed by atoms with Crippen LogP contribution in [0.15, 0.2) is 17.0 Å². The van der Waals surface area contributed by atoms with Crippen LogP contribution in [0.4, 0.5) is 0 Å². The molecule has 1 fully saturated rings. The maximum absolute atomic E-state index is 11.6. The number of carboxylic acid groups (broad SMARTS) is 2. The largest absolute Gasteiger partial charge is 4.00 e. The van der Waals surface area contributed by atoms with E-state index in [2.05, 4.69) is 33.4 Å². The first-order chi connectivity index (χ1) is 20.8.